The summed E-state index contributed by atoms with van der Waals surface area (Å²) >= 11 is 0. The molecule has 0 N–H and O–H groups in total. The van der Waals surface area contributed by atoms with Gasteiger partial charge in [0.1, 0.15) is 29.9 Å². The molecule has 10 nitrogen and oxygen atoms in total. The van der Waals surface area contributed by atoms with Crippen molar-refractivity contribution in [3.05, 3.63) is 59.3 Å². The molecular formula is C33H35FN6O4. The van der Waals surface area contributed by atoms with E-state index in [9.17, 15) is 14.4 Å². The zero-order valence-corrected chi connectivity index (χ0v) is 24.8. The van der Waals surface area contributed by atoms with Gasteiger partial charge in [0, 0.05) is 44.3 Å². The van der Waals surface area contributed by atoms with Crippen molar-refractivity contribution in [1.29, 1.82) is 5.26 Å². The summed E-state index contributed by atoms with van der Waals surface area (Å²) in [5.41, 5.74) is 3.47. The summed E-state index contributed by atoms with van der Waals surface area (Å²) in [6.07, 6.45) is 2.30. The number of benzene rings is 2. The zero-order valence-electron chi connectivity index (χ0n) is 24.8. The number of ether oxygens (including phenoxy) is 3. The summed E-state index contributed by atoms with van der Waals surface area (Å²) in [6.45, 7) is 4.27. The topological polar surface area (TPSA) is 104 Å². The van der Waals surface area contributed by atoms with E-state index in [0.29, 0.717) is 80.0 Å². The van der Waals surface area contributed by atoms with Crippen LogP contribution in [0.1, 0.15) is 47.3 Å². The summed E-state index contributed by atoms with van der Waals surface area (Å²) in [6, 6.07) is 15.3. The maximum atomic E-state index is 14.4. The van der Waals surface area contributed by atoms with Crippen LogP contribution in [0, 0.1) is 11.3 Å². The van der Waals surface area contributed by atoms with Crippen LogP contribution in [0.5, 0.6) is 11.8 Å². The number of halogens is 1. The molecule has 7 rings (SSSR count). The molecule has 3 saturated heterocycles. The number of carbonyl (C=O) groups excluding carboxylic acids is 1. The number of hydrogen-bond acceptors (Lipinski definition) is 9. The number of methoxy groups -OCH3 is 1. The van der Waals surface area contributed by atoms with E-state index in [1.54, 1.807) is 18.1 Å². The lowest BCUT2D eigenvalue weighted by Crippen LogP contribution is -2.43. The second-order valence-corrected chi connectivity index (χ2v) is 11.9. The van der Waals surface area contributed by atoms with Crippen LogP contribution in [0.2, 0.25) is 0 Å². The predicted octanol–water partition coefficient (Wildman–Crippen LogP) is 4.37. The first-order valence-corrected chi connectivity index (χ1v) is 15.2. The van der Waals surface area contributed by atoms with Gasteiger partial charge in [0.25, 0.3) is 5.91 Å². The first kappa shape index (κ1) is 28.5. The van der Waals surface area contributed by atoms with E-state index < -0.39 is 6.17 Å². The molecule has 5 heterocycles. The van der Waals surface area contributed by atoms with Gasteiger partial charge >= 0.3 is 6.01 Å². The van der Waals surface area contributed by atoms with Crippen molar-refractivity contribution in [3.63, 3.8) is 0 Å². The molecule has 2 atom stereocenters. The molecule has 4 aliphatic heterocycles. The Balaban J connectivity index is 1.27. The van der Waals surface area contributed by atoms with Gasteiger partial charge in [-0.2, -0.15) is 15.2 Å². The first-order valence-electron chi connectivity index (χ1n) is 15.2. The van der Waals surface area contributed by atoms with Crippen LogP contribution >= 0.6 is 0 Å². The Morgan fingerprint density at radius 3 is 2.91 bits per heavy atom. The van der Waals surface area contributed by atoms with Gasteiger partial charge in [-0.25, -0.2) is 4.39 Å². The second kappa shape index (κ2) is 11.7. The van der Waals surface area contributed by atoms with Crippen molar-refractivity contribution >= 4 is 17.4 Å². The van der Waals surface area contributed by atoms with Gasteiger partial charge in [-0.05, 0) is 55.6 Å². The first-order chi connectivity index (χ1) is 21.5. The average molecular weight is 599 g/mol. The fraction of sp³-hybridized carbons (Fsp3) is 0.455. The molecule has 1 aromatic heterocycles. The number of nitrogens with zero attached hydrogens (tertiary/aromatic N) is 6. The minimum atomic E-state index is -0.857. The number of rotatable bonds is 7. The monoisotopic (exact) mass is 598 g/mol. The van der Waals surface area contributed by atoms with Crippen LogP contribution in [-0.4, -0.2) is 85.6 Å². The third-order valence-corrected chi connectivity index (χ3v) is 9.26. The normalized spacial score (nSPS) is 23.3. The fourth-order valence-electron chi connectivity index (χ4n) is 7.12. The zero-order chi connectivity index (χ0) is 30.3. The standard InChI is InChI=1S/C33H35FN6O4/c1-42-25-7-8-26(23-6-2-5-22(15-23)18-35)28(16-25)40-20-27-29(31(40)41)30(38-10-4-13-43-14-12-38)37-32(36-27)44-21-33-9-3-11-39(33)19-24(34)17-33/h2,5-8,15-16,24H,3-4,9-14,17,19-21H2,1H3/t24-,33?/m1/s1. The van der Waals surface area contributed by atoms with Crippen molar-refractivity contribution in [1.82, 2.24) is 14.9 Å². The Bertz CT molecular complexity index is 1620. The Labute approximate surface area is 256 Å². The predicted molar refractivity (Wildman–Crippen MR) is 162 cm³/mol. The third-order valence-electron chi connectivity index (χ3n) is 9.26. The molecule has 1 amide bonds. The molecule has 2 aromatic carbocycles. The van der Waals surface area contributed by atoms with Gasteiger partial charge in [-0.3, -0.25) is 9.69 Å². The molecule has 0 bridgehead atoms. The molecule has 0 radical (unpaired) electrons. The van der Waals surface area contributed by atoms with Crippen LogP contribution in [0.4, 0.5) is 15.9 Å². The third kappa shape index (κ3) is 5.12. The molecule has 228 valence electrons. The van der Waals surface area contributed by atoms with Gasteiger partial charge in [-0.1, -0.05) is 12.1 Å². The summed E-state index contributed by atoms with van der Waals surface area (Å²) in [7, 11) is 1.59. The number of aromatic nitrogens is 2. The second-order valence-electron chi connectivity index (χ2n) is 11.9. The molecule has 0 aliphatic carbocycles. The highest BCUT2D eigenvalue weighted by atomic mass is 19.1. The average Bonchev–Trinajstić information content (AvgIpc) is 3.59. The Morgan fingerprint density at radius 1 is 1.14 bits per heavy atom. The number of amides is 1. The molecule has 44 heavy (non-hydrogen) atoms. The summed E-state index contributed by atoms with van der Waals surface area (Å²) in [5, 5.41) is 9.51. The molecule has 3 fully saturated rings. The van der Waals surface area contributed by atoms with Crippen LogP contribution < -0.4 is 19.3 Å². The Hall–Kier alpha value is -4.27. The Kier molecular flexibility index (Phi) is 7.56. The van der Waals surface area contributed by atoms with E-state index in [4.69, 9.17) is 24.2 Å². The van der Waals surface area contributed by atoms with Crippen molar-refractivity contribution in [2.75, 3.05) is 62.9 Å². The maximum absolute atomic E-state index is 14.4. The number of nitriles is 1. The van der Waals surface area contributed by atoms with Crippen LogP contribution in [0.25, 0.3) is 11.1 Å². The molecule has 1 unspecified atom stereocenters. The van der Waals surface area contributed by atoms with E-state index in [0.717, 1.165) is 36.9 Å². The number of hydrogen-bond donors (Lipinski definition) is 0. The Morgan fingerprint density at radius 2 is 2.05 bits per heavy atom. The number of anilines is 2. The molecule has 0 spiro atoms. The van der Waals surface area contributed by atoms with Gasteiger partial charge in [0.2, 0.25) is 0 Å². The quantitative estimate of drug-likeness (QED) is 0.392. The largest absolute Gasteiger partial charge is 0.497 e. The molecule has 3 aromatic rings. The SMILES string of the molecule is COc1ccc(-c2cccc(C#N)c2)c(N2Cc3nc(OCC45CCCN4C[C@H](F)C5)nc(N4CCCOCC4)c3C2=O)c1. The summed E-state index contributed by atoms with van der Waals surface area (Å²) < 4.78 is 32.0. The van der Waals surface area contributed by atoms with Gasteiger partial charge in [0.15, 0.2) is 0 Å². The highest BCUT2D eigenvalue weighted by molar-refractivity contribution is 6.14. The smallest absolute Gasteiger partial charge is 0.318 e. The van der Waals surface area contributed by atoms with E-state index in [1.165, 1.54) is 0 Å². The molecule has 4 aliphatic rings. The maximum Gasteiger partial charge on any atom is 0.318 e. The van der Waals surface area contributed by atoms with Crippen LogP contribution in [-0.2, 0) is 11.3 Å². The van der Waals surface area contributed by atoms with E-state index in [2.05, 4.69) is 15.9 Å². The van der Waals surface area contributed by atoms with E-state index >= 15 is 0 Å². The van der Waals surface area contributed by atoms with E-state index in [-0.39, 0.29) is 24.0 Å². The van der Waals surface area contributed by atoms with Gasteiger partial charge in [0.05, 0.1) is 48.8 Å². The lowest BCUT2D eigenvalue weighted by atomic mass is 9.95. The highest BCUT2D eigenvalue weighted by Crippen LogP contribution is 2.42. The molecule has 0 saturated carbocycles. The van der Waals surface area contributed by atoms with Crippen molar-refractivity contribution < 1.29 is 23.4 Å². The minimum Gasteiger partial charge on any atom is -0.497 e. The number of carbonyl (C=O) groups is 1. The lowest BCUT2D eigenvalue weighted by Gasteiger charge is -2.31. The van der Waals surface area contributed by atoms with Crippen molar-refractivity contribution in [2.24, 2.45) is 0 Å². The highest BCUT2D eigenvalue weighted by Gasteiger charge is 2.49. The minimum absolute atomic E-state index is 0.203. The van der Waals surface area contributed by atoms with E-state index in [1.807, 2.05) is 36.4 Å². The molecule has 11 heteroatoms. The number of fused-ring (bicyclic) bond motifs is 2. The molecular weight excluding hydrogens is 563 g/mol. The van der Waals surface area contributed by atoms with Gasteiger partial charge < -0.3 is 24.0 Å². The van der Waals surface area contributed by atoms with Crippen molar-refractivity contribution in [2.45, 2.75) is 43.9 Å². The van der Waals surface area contributed by atoms with Crippen LogP contribution in [0.15, 0.2) is 42.5 Å². The summed E-state index contributed by atoms with van der Waals surface area (Å²) in [4.78, 5) is 29.9. The lowest BCUT2D eigenvalue weighted by molar-refractivity contribution is 0.0995. The number of alkyl halides is 1. The fourth-order valence-corrected chi connectivity index (χ4v) is 7.12. The van der Waals surface area contributed by atoms with Crippen molar-refractivity contribution in [3.8, 4) is 29.0 Å². The summed E-state index contributed by atoms with van der Waals surface area (Å²) in [5.74, 6) is 0.927. The van der Waals surface area contributed by atoms with Crippen LogP contribution in [0.3, 0.4) is 0 Å². The van der Waals surface area contributed by atoms with Gasteiger partial charge in [-0.15, -0.1) is 0 Å².